The fourth-order valence-electron chi connectivity index (χ4n) is 1.14. The Morgan fingerprint density at radius 2 is 2.31 bits per heavy atom. The van der Waals surface area contributed by atoms with Crippen LogP contribution in [0, 0.1) is 0 Å². The lowest BCUT2D eigenvalue weighted by Gasteiger charge is -2.03. The highest BCUT2D eigenvalue weighted by atomic mass is 32.2. The fourth-order valence-corrected chi connectivity index (χ4v) is 2.23. The van der Waals surface area contributed by atoms with Crippen LogP contribution < -0.4 is 10.5 Å². The van der Waals surface area contributed by atoms with Crippen LogP contribution in [0.5, 0.6) is 0 Å². The SMILES string of the molecule is CCn1cc(S(=O)(=O)NCCOC)c(N)n1. The van der Waals surface area contributed by atoms with E-state index in [1.807, 2.05) is 6.92 Å². The van der Waals surface area contributed by atoms with Crippen LogP contribution in [0.1, 0.15) is 6.92 Å². The summed E-state index contributed by atoms with van der Waals surface area (Å²) in [5, 5.41) is 3.87. The Morgan fingerprint density at radius 1 is 1.62 bits per heavy atom. The van der Waals surface area contributed by atoms with Crippen molar-refractivity contribution in [2.75, 3.05) is 26.0 Å². The maximum Gasteiger partial charge on any atom is 0.245 e. The molecule has 0 fully saturated rings. The van der Waals surface area contributed by atoms with Gasteiger partial charge in [-0.05, 0) is 6.92 Å². The van der Waals surface area contributed by atoms with Crippen molar-refractivity contribution in [1.29, 1.82) is 0 Å². The molecule has 1 aromatic heterocycles. The molecule has 3 N–H and O–H groups in total. The molecule has 0 bridgehead atoms. The van der Waals surface area contributed by atoms with Crippen molar-refractivity contribution >= 4 is 15.8 Å². The van der Waals surface area contributed by atoms with E-state index < -0.39 is 10.0 Å². The Bertz CT molecular complexity index is 440. The lowest BCUT2D eigenvalue weighted by atomic mass is 10.6. The minimum atomic E-state index is -3.59. The third-order valence-electron chi connectivity index (χ3n) is 1.97. The smallest absolute Gasteiger partial charge is 0.245 e. The molecule has 0 saturated heterocycles. The number of nitrogens with zero attached hydrogens (tertiary/aromatic N) is 2. The molecule has 1 rings (SSSR count). The third kappa shape index (κ3) is 2.94. The van der Waals surface area contributed by atoms with Crippen molar-refractivity contribution in [3.05, 3.63) is 6.20 Å². The molecule has 0 atom stereocenters. The number of sulfonamides is 1. The summed E-state index contributed by atoms with van der Waals surface area (Å²) in [7, 11) is -2.09. The van der Waals surface area contributed by atoms with E-state index in [1.165, 1.54) is 18.0 Å². The number of aromatic nitrogens is 2. The number of hydrogen-bond acceptors (Lipinski definition) is 5. The molecule has 1 aromatic rings. The average molecular weight is 248 g/mol. The first-order chi connectivity index (χ1) is 7.51. The molecule has 1 heterocycles. The second-order valence-electron chi connectivity index (χ2n) is 3.12. The largest absolute Gasteiger partial charge is 0.383 e. The number of aryl methyl sites for hydroxylation is 1. The van der Waals surface area contributed by atoms with Gasteiger partial charge in [-0.15, -0.1) is 0 Å². The van der Waals surface area contributed by atoms with Gasteiger partial charge >= 0.3 is 0 Å². The van der Waals surface area contributed by atoms with Gasteiger partial charge in [-0.3, -0.25) is 4.68 Å². The minimum Gasteiger partial charge on any atom is -0.383 e. The summed E-state index contributed by atoms with van der Waals surface area (Å²) < 4.78 is 32.1. The van der Waals surface area contributed by atoms with Gasteiger partial charge in [-0.2, -0.15) is 5.10 Å². The van der Waals surface area contributed by atoms with E-state index in [0.717, 1.165) is 0 Å². The van der Waals surface area contributed by atoms with Crippen molar-refractivity contribution < 1.29 is 13.2 Å². The predicted octanol–water partition coefficient (Wildman–Crippen LogP) is -0.590. The Kier molecular flexibility index (Phi) is 4.27. The minimum absolute atomic E-state index is 0.00505. The van der Waals surface area contributed by atoms with Gasteiger partial charge in [0.25, 0.3) is 0 Å². The zero-order valence-corrected chi connectivity index (χ0v) is 10.1. The first-order valence-corrected chi connectivity index (χ1v) is 6.31. The van der Waals surface area contributed by atoms with Crippen LogP contribution in [-0.4, -0.2) is 38.5 Å². The lowest BCUT2D eigenvalue weighted by molar-refractivity contribution is 0.204. The number of hydrogen-bond donors (Lipinski definition) is 2. The number of methoxy groups -OCH3 is 1. The standard InChI is InChI=1S/C8H16N4O3S/c1-3-12-6-7(8(9)11-12)16(13,14)10-4-5-15-2/h6,10H,3-5H2,1-2H3,(H2,9,11). The van der Waals surface area contributed by atoms with Gasteiger partial charge in [0.1, 0.15) is 4.90 Å². The average Bonchev–Trinajstić information content (AvgIpc) is 2.60. The zero-order chi connectivity index (χ0) is 12.2. The van der Waals surface area contributed by atoms with Gasteiger partial charge in [0.2, 0.25) is 10.0 Å². The van der Waals surface area contributed by atoms with Crippen LogP contribution in [0.4, 0.5) is 5.82 Å². The monoisotopic (exact) mass is 248 g/mol. The number of nitrogen functional groups attached to an aromatic ring is 1. The summed E-state index contributed by atoms with van der Waals surface area (Å²) in [4.78, 5) is 0.00505. The first kappa shape index (κ1) is 12.9. The summed E-state index contributed by atoms with van der Waals surface area (Å²) in [5.74, 6) is 0.00627. The number of nitrogens with two attached hydrogens (primary N) is 1. The molecule has 0 radical (unpaired) electrons. The van der Waals surface area contributed by atoms with Crippen molar-refractivity contribution in [1.82, 2.24) is 14.5 Å². The molecule has 0 spiro atoms. The van der Waals surface area contributed by atoms with E-state index >= 15 is 0 Å². The highest BCUT2D eigenvalue weighted by Gasteiger charge is 2.20. The quantitative estimate of drug-likeness (QED) is 0.655. The Hall–Kier alpha value is -1.12. The van der Waals surface area contributed by atoms with Crippen LogP contribution in [0.15, 0.2) is 11.1 Å². The Labute approximate surface area is 94.6 Å². The van der Waals surface area contributed by atoms with Gasteiger partial charge in [0.15, 0.2) is 5.82 Å². The van der Waals surface area contributed by atoms with Crippen LogP contribution in [0.25, 0.3) is 0 Å². The molecule has 0 aliphatic carbocycles. The van der Waals surface area contributed by atoms with Crippen molar-refractivity contribution in [2.45, 2.75) is 18.4 Å². The van der Waals surface area contributed by atoms with Crippen molar-refractivity contribution in [3.63, 3.8) is 0 Å². The number of rotatable bonds is 6. The summed E-state index contributed by atoms with van der Waals surface area (Å²) >= 11 is 0. The topological polar surface area (TPSA) is 99.2 Å². The molecule has 8 heteroatoms. The molecule has 16 heavy (non-hydrogen) atoms. The van der Waals surface area contributed by atoms with Gasteiger partial charge < -0.3 is 10.5 Å². The summed E-state index contributed by atoms with van der Waals surface area (Å²) in [5.41, 5.74) is 5.52. The zero-order valence-electron chi connectivity index (χ0n) is 9.30. The maximum absolute atomic E-state index is 11.8. The van der Waals surface area contributed by atoms with Gasteiger partial charge in [-0.25, -0.2) is 13.1 Å². The molecule has 0 saturated carbocycles. The van der Waals surface area contributed by atoms with E-state index in [-0.39, 0.29) is 17.3 Å². The molecule has 0 aliphatic heterocycles. The summed E-state index contributed by atoms with van der Waals surface area (Å²) in [6, 6.07) is 0. The molecule has 7 nitrogen and oxygen atoms in total. The van der Waals surface area contributed by atoms with Gasteiger partial charge in [-0.1, -0.05) is 0 Å². The maximum atomic E-state index is 11.8. The summed E-state index contributed by atoms with van der Waals surface area (Å²) in [6.07, 6.45) is 1.41. The molecule has 92 valence electrons. The lowest BCUT2D eigenvalue weighted by Crippen LogP contribution is -2.27. The van der Waals surface area contributed by atoms with Crippen molar-refractivity contribution in [2.24, 2.45) is 0 Å². The van der Waals surface area contributed by atoms with E-state index in [9.17, 15) is 8.42 Å². The van der Waals surface area contributed by atoms with Gasteiger partial charge in [0, 0.05) is 26.4 Å². The van der Waals surface area contributed by atoms with Crippen LogP contribution in [0.2, 0.25) is 0 Å². The number of ether oxygens (including phenoxy) is 1. The normalized spacial score (nSPS) is 11.9. The number of anilines is 1. The van der Waals surface area contributed by atoms with Crippen LogP contribution >= 0.6 is 0 Å². The summed E-state index contributed by atoms with van der Waals surface area (Å²) in [6.45, 7) is 2.93. The second-order valence-corrected chi connectivity index (χ2v) is 4.86. The highest BCUT2D eigenvalue weighted by Crippen LogP contribution is 2.15. The first-order valence-electron chi connectivity index (χ1n) is 4.82. The highest BCUT2D eigenvalue weighted by molar-refractivity contribution is 7.89. The van der Waals surface area contributed by atoms with E-state index in [2.05, 4.69) is 9.82 Å². The van der Waals surface area contributed by atoms with E-state index in [1.54, 1.807) is 0 Å². The Morgan fingerprint density at radius 3 is 2.81 bits per heavy atom. The molecule has 0 amide bonds. The third-order valence-corrected chi connectivity index (χ3v) is 3.44. The fraction of sp³-hybridized carbons (Fsp3) is 0.625. The van der Waals surface area contributed by atoms with Crippen LogP contribution in [-0.2, 0) is 21.3 Å². The van der Waals surface area contributed by atoms with E-state index in [0.29, 0.717) is 13.2 Å². The van der Waals surface area contributed by atoms with Gasteiger partial charge in [0.05, 0.1) is 6.61 Å². The van der Waals surface area contributed by atoms with Crippen LogP contribution in [0.3, 0.4) is 0 Å². The molecule has 0 aliphatic rings. The van der Waals surface area contributed by atoms with Crippen molar-refractivity contribution in [3.8, 4) is 0 Å². The second kappa shape index (κ2) is 5.28. The Balaban J connectivity index is 2.85. The predicted molar refractivity (Wildman–Crippen MR) is 59.4 cm³/mol. The van der Waals surface area contributed by atoms with E-state index in [4.69, 9.17) is 10.5 Å². The molecular weight excluding hydrogens is 232 g/mol. The molecule has 0 unspecified atom stereocenters. The molecule has 0 aromatic carbocycles. The molecular formula is C8H16N4O3S. The number of nitrogens with one attached hydrogen (secondary N) is 1.